The van der Waals surface area contributed by atoms with Gasteiger partial charge in [0.15, 0.2) is 0 Å². The number of rotatable bonds is 2. The van der Waals surface area contributed by atoms with Crippen LogP contribution in [0.15, 0.2) is 0 Å². The quantitative estimate of drug-likeness (QED) is 0.619. The Hall–Kier alpha value is -1.26. The number of carbonyl (C=O) groups excluding carboxylic acids is 2. The van der Waals surface area contributed by atoms with Gasteiger partial charge in [0.25, 0.3) is 0 Å². The zero-order valence-corrected chi connectivity index (χ0v) is 12.3. The average molecular weight is 271 g/mol. The molecule has 0 radical (unpaired) electrons. The lowest BCUT2D eigenvalue weighted by Crippen LogP contribution is -2.45. The number of ether oxygens (including phenoxy) is 2. The molecule has 1 fully saturated rings. The van der Waals surface area contributed by atoms with E-state index in [1.54, 1.807) is 0 Å². The molecule has 0 spiro atoms. The number of amides is 1. The number of alkyl carbamates (subject to hydrolysis) is 1. The summed E-state index contributed by atoms with van der Waals surface area (Å²) in [6, 6.07) is -0.190. The van der Waals surface area contributed by atoms with Gasteiger partial charge in [-0.25, -0.2) is 4.79 Å². The third-order valence-corrected chi connectivity index (χ3v) is 3.22. The van der Waals surface area contributed by atoms with Crippen LogP contribution in [0.5, 0.6) is 0 Å². The van der Waals surface area contributed by atoms with Gasteiger partial charge in [0.05, 0.1) is 13.0 Å². The number of nitrogens with one attached hydrogen (secondary N) is 1. The van der Waals surface area contributed by atoms with Crippen molar-refractivity contribution in [1.82, 2.24) is 5.32 Å². The van der Waals surface area contributed by atoms with Crippen molar-refractivity contribution in [3.05, 3.63) is 0 Å². The zero-order chi connectivity index (χ0) is 14.5. The molecule has 1 amide bonds. The van der Waals surface area contributed by atoms with E-state index < -0.39 is 11.7 Å². The van der Waals surface area contributed by atoms with Crippen molar-refractivity contribution in [2.75, 3.05) is 7.11 Å². The third kappa shape index (κ3) is 5.49. The minimum atomic E-state index is -0.532. The molecule has 19 heavy (non-hydrogen) atoms. The van der Waals surface area contributed by atoms with Crippen LogP contribution in [0.3, 0.4) is 0 Å². The summed E-state index contributed by atoms with van der Waals surface area (Å²) in [5.74, 6) is -0.511. The number of hydrogen-bond donors (Lipinski definition) is 1. The Bertz CT molecular complexity index is 322. The highest BCUT2D eigenvalue weighted by atomic mass is 16.6. The number of hydrogen-bond acceptors (Lipinski definition) is 4. The van der Waals surface area contributed by atoms with Gasteiger partial charge in [-0.1, -0.05) is 19.3 Å². The van der Waals surface area contributed by atoms with Gasteiger partial charge in [0, 0.05) is 6.04 Å². The first-order valence-electron chi connectivity index (χ1n) is 6.91. The van der Waals surface area contributed by atoms with Gasteiger partial charge in [-0.3, -0.25) is 4.79 Å². The summed E-state index contributed by atoms with van der Waals surface area (Å²) in [6.07, 6.45) is 4.17. The largest absolute Gasteiger partial charge is 0.469 e. The number of esters is 1. The first kappa shape index (κ1) is 15.8. The first-order valence-corrected chi connectivity index (χ1v) is 6.91. The van der Waals surface area contributed by atoms with E-state index in [1.807, 2.05) is 20.8 Å². The fourth-order valence-corrected chi connectivity index (χ4v) is 2.37. The summed E-state index contributed by atoms with van der Waals surface area (Å²) in [5.41, 5.74) is -0.532. The van der Waals surface area contributed by atoms with Crippen molar-refractivity contribution >= 4 is 12.1 Å². The SMILES string of the molecule is COC(=O)C1CCCCCC1NC(=O)OC(C)(C)C. The second kappa shape index (κ2) is 6.78. The van der Waals surface area contributed by atoms with Gasteiger partial charge in [0.2, 0.25) is 0 Å². The van der Waals surface area contributed by atoms with E-state index in [1.165, 1.54) is 7.11 Å². The molecule has 2 atom stereocenters. The normalized spacial score (nSPS) is 24.2. The second-order valence-electron chi connectivity index (χ2n) is 6.02. The van der Waals surface area contributed by atoms with Crippen molar-refractivity contribution in [2.45, 2.75) is 64.5 Å². The highest BCUT2D eigenvalue weighted by Gasteiger charge is 2.32. The van der Waals surface area contributed by atoms with Gasteiger partial charge in [-0.05, 0) is 33.6 Å². The summed E-state index contributed by atoms with van der Waals surface area (Å²) in [5, 5.41) is 2.82. The molecule has 1 aliphatic carbocycles. The van der Waals surface area contributed by atoms with Crippen LogP contribution >= 0.6 is 0 Å². The smallest absolute Gasteiger partial charge is 0.407 e. The molecule has 0 saturated heterocycles. The Morgan fingerprint density at radius 2 is 1.74 bits per heavy atom. The van der Waals surface area contributed by atoms with E-state index in [9.17, 15) is 9.59 Å². The summed E-state index contributed by atoms with van der Waals surface area (Å²) in [4.78, 5) is 23.6. The molecule has 0 aromatic heterocycles. The van der Waals surface area contributed by atoms with Gasteiger partial charge >= 0.3 is 12.1 Å². The van der Waals surface area contributed by atoms with Crippen molar-refractivity contribution in [2.24, 2.45) is 5.92 Å². The van der Waals surface area contributed by atoms with Gasteiger partial charge in [0.1, 0.15) is 5.60 Å². The molecule has 0 aliphatic heterocycles. The molecule has 5 nitrogen and oxygen atoms in total. The molecule has 1 aliphatic rings. The standard InChI is InChI=1S/C14H25NO4/c1-14(2,3)19-13(17)15-11-9-7-5-6-8-10(11)12(16)18-4/h10-11H,5-9H2,1-4H3,(H,15,17). The van der Waals surface area contributed by atoms with E-state index in [0.717, 1.165) is 32.1 Å². The molecule has 5 heteroatoms. The number of carbonyl (C=O) groups is 2. The van der Waals surface area contributed by atoms with Crippen LogP contribution in [-0.4, -0.2) is 30.8 Å². The zero-order valence-electron chi connectivity index (χ0n) is 12.3. The summed E-state index contributed by atoms with van der Waals surface area (Å²) in [6.45, 7) is 5.45. The average Bonchev–Trinajstić information content (AvgIpc) is 2.51. The molecule has 0 aromatic rings. The van der Waals surface area contributed by atoms with E-state index in [-0.39, 0.29) is 17.9 Å². The van der Waals surface area contributed by atoms with E-state index >= 15 is 0 Å². The van der Waals surface area contributed by atoms with E-state index in [0.29, 0.717) is 0 Å². The lowest BCUT2D eigenvalue weighted by molar-refractivity contribution is -0.146. The maximum Gasteiger partial charge on any atom is 0.407 e. The van der Waals surface area contributed by atoms with Crippen LogP contribution < -0.4 is 5.32 Å². The van der Waals surface area contributed by atoms with Crippen LogP contribution in [0.2, 0.25) is 0 Å². The van der Waals surface area contributed by atoms with Crippen LogP contribution in [0.25, 0.3) is 0 Å². The molecule has 1 saturated carbocycles. The Labute approximate surface area is 115 Å². The first-order chi connectivity index (χ1) is 8.83. The predicted molar refractivity (Wildman–Crippen MR) is 71.7 cm³/mol. The fourth-order valence-electron chi connectivity index (χ4n) is 2.37. The second-order valence-corrected chi connectivity index (χ2v) is 6.02. The van der Waals surface area contributed by atoms with Gasteiger partial charge in [-0.15, -0.1) is 0 Å². The summed E-state index contributed by atoms with van der Waals surface area (Å²) in [7, 11) is 1.39. The molecule has 1 N–H and O–H groups in total. The minimum Gasteiger partial charge on any atom is -0.469 e. The lowest BCUT2D eigenvalue weighted by Gasteiger charge is -2.26. The molecular weight excluding hydrogens is 246 g/mol. The number of methoxy groups -OCH3 is 1. The van der Waals surface area contributed by atoms with Crippen molar-refractivity contribution in [1.29, 1.82) is 0 Å². The Kier molecular flexibility index (Phi) is 5.63. The Morgan fingerprint density at radius 1 is 1.11 bits per heavy atom. The van der Waals surface area contributed by atoms with E-state index in [4.69, 9.17) is 9.47 Å². The molecular formula is C14H25NO4. The molecule has 110 valence electrons. The van der Waals surface area contributed by atoms with Gasteiger partial charge < -0.3 is 14.8 Å². The molecule has 0 bridgehead atoms. The molecule has 2 unspecified atom stereocenters. The Morgan fingerprint density at radius 3 is 2.32 bits per heavy atom. The highest BCUT2D eigenvalue weighted by molar-refractivity contribution is 5.75. The maximum atomic E-state index is 11.8. The molecule has 0 heterocycles. The van der Waals surface area contributed by atoms with Crippen molar-refractivity contribution in [3.63, 3.8) is 0 Å². The monoisotopic (exact) mass is 271 g/mol. The van der Waals surface area contributed by atoms with Crippen molar-refractivity contribution in [3.8, 4) is 0 Å². The lowest BCUT2D eigenvalue weighted by atomic mass is 9.95. The van der Waals surface area contributed by atoms with Crippen LogP contribution in [0, 0.1) is 5.92 Å². The molecule has 1 rings (SSSR count). The minimum absolute atomic E-state index is 0.190. The fraction of sp³-hybridized carbons (Fsp3) is 0.857. The Balaban J connectivity index is 2.65. The summed E-state index contributed by atoms with van der Waals surface area (Å²) >= 11 is 0. The van der Waals surface area contributed by atoms with Crippen molar-refractivity contribution < 1.29 is 19.1 Å². The van der Waals surface area contributed by atoms with Crippen LogP contribution in [-0.2, 0) is 14.3 Å². The highest BCUT2D eigenvalue weighted by Crippen LogP contribution is 2.25. The summed E-state index contributed by atoms with van der Waals surface area (Å²) < 4.78 is 10.1. The van der Waals surface area contributed by atoms with Gasteiger partial charge in [-0.2, -0.15) is 0 Å². The van der Waals surface area contributed by atoms with E-state index in [2.05, 4.69) is 5.32 Å². The van der Waals surface area contributed by atoms with Crippen LogP contribution in [0.4, 0.5) is 4.79 Å². The predicted octanol–water partition coefficient (Wildman–Crippen LogP) is 2.63. The van der Waals surface area contributed by atoms with Crippen LogP contribution in [0.1, 0.15) is 52.9 Å². The third-order valence-electron chi connectivity index (χ3n) is 3.22. The topological polar surface area (TPSA) is 64.6 Å². The maximum absolute atomic E-state index is 11.8. The molecule has 0 aromatic carbocycles.